The first kappa shape index (κ1) is 11.0. The third-order valence-electron chi connectivity index (χ3n) is 3.56. The van der Waals surface area contributed by atoms with E-state index in [1.54, 1.807) is 24.3 Å². The minimum Gasteiger partial charge on any atom is -0.508 e. The van der Waals surface area contributed by atoms with Gasteiger partial charge in [0.1, 0.15) is 11.5 Å². The minimum atomic E-state index is 0.0648. The average Bonchev–Trinajstić information content (AvgIpc) is 2.34. The summed E-state index contributed by atoms with van der Waals surface area (Å²) in [5.74, 6) is 0.564. The Morgan fingerprint density at radius 3 is 2.56 bits per heavy atom. The number of benzene rings is 2. The largest absolute Gasteiger partial charge is 0.508 e. The molecular weight excluding hydrogens is 224 g/mol. The summed E-state index contributed by atoms with van der Waals surface area (Å²) in [6.45, 7) is 0. The van der Waals surface area contributed by atoms with E-state index >= 15 is 0 Å². The Labute approximate surface area is 106 Å². The zero-order valence-corrected chi connectivity index (χ0v) is 9.97. The van der Waals surface area contributed by atoms with E-state index < -0.39 is 0 Å². The zero-order chi connectivity index (χ0) is 12.5. The van der Waals surface area contributed by atoms with Crippen molar-refractivity contribution >= 4 is 5.78 Å². The first-order valence-corrected chi connectivity index (χ1v) is 6.12. The van der Waals surface area contributed by atoms with E-state index in [0.717, 1.165) is 12.0 Å². The molecule has 18 heavy (non-hydrogen) atoms. The van der Waals surface area contributed by atoms with Gasteiger partial charge in [-0.25, -0.2) is 0 Å². The second kappa shape index (κ2) is 4.30. The Balaban J connectivity index is 1.72. The molecule has 0 saturated carbocycles. The van der Waals surface area contributed by atoms with Crippen LogP contribution in [0.2, 0.25) is 0 Å². The highest BCUT2D eigenvalue weighted by molar-refractivity contribution is 5.90. The van der Waals surface area contributed by atoms with Crippen LogP contribution in [0.25, 0.3) is 0 Å². The normalized spacial score (nSPS) is 16.8. The lowest BCUT2D eigenvalue weighted by atomic mass is 9.74. The highest BCUT2D eigenvalue weighted by Crippen LogP contribution is 2.36. The number of carbonyl (C=O) groups is 1. The van der Waals surface area contributed by atoms with Crippen molar-refractivity contribution in [3.8, 4) is 5.75 Å². The fourth-order valence-electron chi connectivity index (χ4n) is 2.48. The van der Waals surface area contributed by atoms with Crippen LogP contribution in [-0.4, -0.2) is 10.9 Å². The van der Waals surface area contributed by atoms with Crippen molar-refractivity contribution in [3.63, 3.8) is 0 Å². The quantitative estimate of drug-likeness (QED) is 0.892. The van der Waals surface area contributed by atoms with Gasteiger partial charge in [0.2, 0.25) is 0 Å². The van der Waals surface area contributed by atoms with Crippen LogP contribution < -0.4 is 0 Å². The van der Waals surface area contributed by atoms with Crippen LogP contribution in [0.15, 0.2) is 48.5 Å². The topological polar surface area (TPSA) is 37.3 Å². The van der Waals surface area contributed by atoms with Gasteiger partial charge in [-0.1, -0.05) is 36.4 Å². The summed E-state index contributed by atoms with van der Waals surface area (Å²) < 4.78 is 0. The Bertz CT molecular complexity index is 584. The van der Waals surface area contributed by atoms with Gasteiger partial charge >= 0.3 is 0 Å². The predicted octanol–water partition coefficient (Wildman–Crippen LogP) is 2.84. The third kappa shape index (κ3) is 1.90. The molecule has 1 atom stereocenters. The monoisotopic (exact) mass is 238 g/mol. The van der Waals surface area contributed by atoms with Crippen LogP contribution in [0.5, 0.6) is 5.75 Å². The predicted molar refractivity (Wildman–Crippen MR) is 69.7 cm³/mol. The highest BCUT2D eigenvalue weighted by Gasteiger charge is 2.31. The van der Waals surface area contributed by atoms with Crippen LogP contribution in [0.1, 0.15) is 22.6 Å². The van der Waals surface area contributed by atoms with Gasteiger partial charge in [0.25, 0.3) is 0 Å². The molecule has 0 aliphatic heterocycles. The van der Waals surface area contributed by atoms with Crippen LogP contribution in [0.3, 0.4) is 0 Å². The molecule has 1 unspecified atom stereocenters. The molecule has 0 spiro atoms. The first-order chi connectivity index (χ1) is 8.74. The molecule has 0 bridgehead atoms. The molecule has 2 nitrogen and oxygen atoms in total. The van der Waals surface area contributed by atoms with Gasteiger partial charge in [-0.05, 0) is 35.2 Å². The average molecular weight is 238 g/mol. The maximum atomic E-state index is 12.2. The lowest BCUT2D eigenvalue weighted by Crippen LogP contribution is -2.26. The van der Waals surface area contributed by atoms with Crippen LogP contribution in [0.4, 0.5) is 0 Å². The third-order valence-corrected chi connectivity index (χ3v) is 3.56. The number of carbonyl (C=O) groups excluding carboxylic acids is 1. The van der Waals surface area contributed by atoms with E-state index in [2.05, 4.69) is 6.07 Å². The summed E-state index contributed by atoms with van der Waals surface area (Å²) in [4.78, 5) is 12.2. The standard InChI is InChI=1S/C16H14O2/c17-13-7-5-11(6-8-13)9-16(18)15-10-12-3-1-2-4-14(12)15/h1-8,15,17H,9-10H2. The number of rotatable bonds is 3. The molecular formula is C16H14O2. The van der Waals surface area contributed by atoms with Gasteiger partial charge in [-0.3, -0.25) is 4.79 Å². The van der Waals surface area contributed by atoms with E-state index in [9.17, 15) is 9.90 Å². The molecule has 0 radical (unpaired) electrons. The molecule has 0 saturated heterocycles. The lowest BCUT2D eigenvalue weighted by Gasteiger charge is -2.28. The molecule has 0 fully saturated rings. The number of aromatic hydroxyl groups is 1. The number of hydrogen-bond acceptors (Lipinski definition) is 2. The molecule has 0 aromatic heterocycles. The highest BCUT2D eigenvalue weighted by atomic mass is 16.3. The summed E-state index contributed by atoms with van der Waals surface area (Å²) in [5.41, 5.74) is 3.44. The van der Waals surface area contributed by atoms with Crippen molar-refractivity contribution in [1.82, 2.24) is 0 Å². The SMILES string of the molecule is O=C(Cc1ccc(O)cc1)C1Cc2ccccc21. The van der Waals surface area contributed by atoms with Crippen molar-refractivity contribution < 1.29 is 9.90 Å². The van der Waals surface area contributed by atoms with Gasteiger partial charge in [0, 0.05) is 12.3 Å². The Hall–Kier alpha value is -2.09. The van der Waals surface area contributed by atoms with Crippen LogP contribution in [0, 0.1) is 0 Å². The Morgan fingerprint density at radius 2 is 1.83 bits per heavy atom. The van der Waals surface area contributed by atoms with Crippen molar-refractivity contribution in [1.29, 1.82) is 0 Å². The number of hydrogen-bond donors (Lipinski definition) is 1. The second-order valence-electron chi connectivity index (χ2n) is 4.77. The van der Waals surface area contributed by atoms with Crippen LogP contribution in [-0.2, 0) is 17.6 Å². The number of phenolic OH excluding ortho intramolecular Hbond substituents is 1. The summed E-state index contributed by atoms with van der Waals surface area (Å²) in [7, 11) is 0. The van der Waals surface area contributed by atoms with E-state index in [4.69, 9.17) is 0 Å². The second-order valence-corrected chi connectivity index (χ2v) is 4.77. The fraction of sp³-hybridized carbons (Fsp3) is 0.188. The Morgan fingerprint density at radius 1 is 1.11 bits per heavy atom. The molecule has 3 rings (SSSR count). The molecule has 0 amide bonds. The number of phenols is 1. The maximum absolute atomic E-state index is 12.2. The minimum absolute atomic E-state index is 0.0648. The molecule has 2 aromatic rings. The van der Waals surface area contributed by atoms with Gasteiger partial charge in [-0.2, -0.15) is 0 Å². The summed E-state index contributed by atoms with van der Waals surface area (Å²) >= 11 is 0. The van der Waals surface area contributed by atoms with E-state index in [-0.39, 0.29) is 17.5 Å². The number of ketones is 1. The van der Waals surface area contributed by atoms with Crippen molar-refractivity contribution in [2.24, 2.45) is 0 Å². The summed E-state index contributed by atoms with van der Waals surface area (Å²) in [5, 5.41) is 9.20. The number of fused-ring (bicyclic) bond motifs is 1. The van der Waals surface area contributed by atoms with Crippen molar-refractivity contribution in [2.75, 3.05) is 0 Å². The molecule has 2 heteroatoms. The smallest absolute Gasteiger partial charge is 0.145 e. The van der Waals surface area contributed by atoms with Gasteiger partial charge in [0.15, 0.2) is 0 Å². The zero-order valence-electron chi connectivity index (χ0n) is 9.97. The van der Waals surface area contributed by atoms with E-state index in [1.807, 2.05) is 18.2 Å². The molecule has 1 N–H and O–H groups in total. The lowest BCUT2D eigenvalue weighted by molar-refractivity contribution is -0.120. The van der Waals surface area contributed by atoms with Crippen molar-refractivity contribution in [2.45, 2.75) is 18.8 Å². The molecule has 1 aliphatic carbocycles. The Kier molecular flexibility index (Phi) is 2.63. The van der Waals surface area contributed by atoms with Gasteiger partial charge < -0.3 is 5.11 Å². The summed E-state index contributed by atoms with van der Waals surface area (Å²) in [6, 6.07) is 15.0. The molecule has 90 valence electrons. The fourth-order valence-corrected chi connectivity index (χ4v) is 2.48. The van der Waals surface area contributed by atoms with Gasteiger partial charge in [0.05, 0.1) is 0 Å². The van der Waals surface area contributed by atoms with Gasteiger partial charge in [-0.15, -0.1) is 0 Å². The molecule has 0 heterocycles. The maximum Gasteiger partial charge on any atom is 0.145 e. The van der Waals surface area contributed by atoms with Crippen LogP contribution >= 0.6 is 0 Å². The first-order valence-electron chi connectivity index (χ1n) is 6.12. The summed E-state index contributed by atoms with van der Waals surface area (Å²) in [6.07, 6.45) is 1.31. The van der Waals surface area contributed by atoms with Crippen molar-refractivity contribution in [3.05, 3.63) is 65.2 Å². The molecule has 2 aromatic carbocycles. The van der Waals surface area contributed by atoms with E-state index in [1.165, 1.54) is 11.1 Å². The molecule has 1 aliphatic rings. The van der Waals surface area contributed by atoms with E-state index in [0.29, 0.717) is 6.42 Å². The number of Topliss-reactive ketones (excluding diaryl/α,β-unsaturated/α-hetero) is 1.